The zero-order valence-electron chi connectivity index (χ0n) is 28.3. The Kier molecular flexibility index (Phi) is 10.5. The molecule has 14 heteroatoms. The van der Waals surface area contributed by atoms with Gasteiger partial charge in [0.15, 0.2) is 10.9 Å². The summed E-state index contributed by atoms with van der Waals surface area (Å²) in [6.07, 6.45) is 4.76. The SMILES string of the molecule is CCc1cc(Nc2ncc(Cl)c(Nc3ccc(-c4csc(N)n4)cc3P(C)(C)=O)n2)c(OC)cc1N1CCC(N2CCN(C)CC2)CC1. The van der Waals surface area contributed by atoms with E-state index in [1.165, 1.54) is 35.4 Å². The number of anilines is 6. The van der Waals surface area contributed by atoms with Gasteiger partial charge in [-0.3, -0.25) is 4.90 Å². The van der Waals surface area contributed by atoms with Crippen molar-refractivity contribution in [2.45, 2.75) is 32.2 Å². The number of nitrogens with zero attached hydrogens (tertiary/aromatic N) is 6. The van der Waals surface area contributed by atoms with Gasteiger partial charge in [0.25, 0.3) is 0 Å². The molecule has 2 fully saturated rings. The van der Waals surface area contributed by atoms with Crippen LogP contribution in [0.15, 0.2) is 41.9 Å². The second-order valence-electron chi connectivity index (χ2n) is 12.9. The number of likely N-dealkylation sites (N-methyl/N-ethyl adjacent to an activating group) is 1. The fourth-order valence-electron chi connectivity index (χ4n) is 6.54. The Morgan fingerprint density at radius 2 is 1.79 bits per heavy atom. The van der Waals surface area contributed by atoms with E-state index in [-0.39, 0.29) is 0 Å². The highest BCUT2D eigenvalue weighted by Gasteiger charge is 2.28. The van der Waals surface area contributed by atoms with E-state index in [9.17, 15) is 4.57 Å². The third-order valence-electron chi connectivity index (χ3n) is 9.28. The standard InChI is InChI=1S/C34H45ClN9O2PS/c1-6-22-17-27(30(46-3)19-29(22)44-11-9-24(10-12-44)43-15-13-42(2)14-16-43)40-34-37-20-25(35)32(41-34)38-26-8-7-23(18-31(26)47(4,5)45)28-21-48-33(36)39-28/h7-8,17-21,24H,6,9-16H2,1-5H3,(H2,36,39)(H2,37,38,40,41). The number of nitrogens with one attached hydrogen (secondary N) is 2. The lowest BCUT2D eigenvalue weighted by atomic mass is 9.99. The molecule has 4 N–H and O–H groups in total. The van der Waals surface area contributed by atoms with Gasteiger partial charge in [0.05, 0.1) is 30.4 Å². The number of piperazine rings is 1. The van der Waals surface area contributed by atoms with E-state index in [2.05, 4.69) is 61.4 Å². The summed E-state index contributed by atoms with van der Waals surface area (Å²) in [5.74, 6) is 1.47. The number of hydrogen-bond acceptors (Lipinski definition) is 12. The Hall–Kier alpha value is -3.41. The van der Waals surface area contributed by atoms with E-state index in [4.69, 9.17) is 27.1 Å². The number of thiazole rings is 1. The molecule has 2 aliphatic heterocycles. The molecule has 0 spiro atoms. The van der Waals surface area contributed by atoms with Gasteiger partial charge in [0.1, 0.15) is 17.9 Å². The van der Waals surface area contributed by atoms with Crippen molar-refractivity contribution in [1.29, 1.82) is 0 Å². The lowest BCUT2D eigenvalue weighted by Crippen LogP contribution is -2.52. The zero-order valence-corrected chi connectivity index (χ0v) is 30.8. The predicted molar refractivity (Wildman–Crippen MR) is 201 cm³/mol. The molecule has 2 aromatic carbocycles. The summed E-state index contributed by atoms with van der Waals surface area (Å²) in [6.45, 7) is 12.3. The minimum absolute atomic E-state index is 0.335. The van der Waals surface area contributed by atoms with Gasteiger partial charge in [-0.2, -0.15) is 4.98 Å². The lowest BCUT2D eigenvalue weighted by Gasteiger charge is -2.43. The van der Waals surface area contributed by atoms with Crippen molar-refractivity contribution < 1.29 is 9.30 Å². The fourth-order valence-corrected chi connectivity index (χ4v) is 8.41. The van der Waals surface area contributed by atoms with Crippen LogP contribution >= 0.6 is 30.1 Å². The van der Waals surface area contributed by atoms with Crippen LogP contribution in [0.2, 0.25) is 5.02 Å². The minimum Gasteiger partial charge on any atom is -0.494 e. The molecule has 2 aliphatic rings. The first-order valence-corrected chi connectivity index (χ1v) is 20.2. The number of nitrogens with two attached hydrogens (primary N) is 1. The summed E-state index contributed by atoms with van der Waals surface area (Å²) in [7, 11) is 1.19. The normalized spacial score (nSPS) is 16.7. The summed E-state index contributed by atoms with van der Waals surface area (Å²) in [4.78, 5) is 21.2. The van der Waals surface area contributed by atoms with Crippen LogP contribution < -0.4 is 31.3 Å². The Morgan fingerprint density at radius 1 is 1.04 bits per heavy atom. The third-order valence-corrected chi connectivity index (χ3v) is 11.8. The van der Waals surface area contributed by atoms with Crippen LogP contribution in [0.25, 0.3) is 11.3 Å². The smallest absolute Gasteiger partial charge is 0.229 e. The number of halogens is 1. The maximum absolute atomic E-state index is 13.4. The van der Waals surface area contributed by atoms with Gasteiger partial charge >= 0.3 is 0 Å². The molecule has 2 saturated heterocycles. The highest BCUT2D eigenvalue weighted by molar-refractivity contribution is 7.70. The summed E-state index contributed by atoms with van der Waals surface area (Å²) in [5, 5.41) is 10.0. The molecule has 0 radical (unpaired) electrons. The molecule has 256 valence electrons. The molecule has 4 aromatic rings. The van der Waals surface area contributed by atoms with Crippen LogP contribution in [0, 0.1) is 0 Å². The van der Waals surface area contributed by atoms with Gasteiger partial charge in [-0.25, -0.2) is 9.97 Å². The molecular weight excluding hydrogens is 665 g/mol. The Bertz CT molecular complexity index is 1800. The van der Waals surface area contributed by atoms with Crippen LogP contribution in [0.1, 0.15) is 25.3 Å². The number of piperidine rings is 1. The van der Waals surface area contributed by atoms with Gasteiger partial charge in [0, 0.05) is 73.3 Å². The molecule has 48 heavy (non-hydrogen) atoms. The number of rotatable bonds is 10. The van der Waals surface area contributed by atoms with Gasteiger partial charge in [-0.05, 0) is 63.4 Å². The number of ether oxygens (including phenoxy) is 1. The number of methoxy groups -OCH3 is 1. The van der Waals surface area contributed by atoms with Gasteiger partial charge in [-0.15, -0.1) is 11.3 Å². The second kappa shape index (κ2) is 14.6. The Labute approximate surface area is 292 Å². The largest absolute Gasteiger partial charge is 0.494 e. The summed E-state index contributed by atoms with van der Waals surface area (Å²) in [5.41, 5.74) is 11.3. The first-order chi connectivity index (χ1) is 23.0. The number of benzene rings is 2. The summed E-state index contributed by atoms with van der Waals surface area (Å²) in [6, 6.07) is 10.6. The zero-order chi connectivity index (χ0) is 34.0. The van der Waals surface area contributed by atoms with Crippen LogP contribution in [0.3, 0.4) is 0 Å². The number of hydrogen-bond donors (Lipinski definition) is 3. The second-order valence-corrected chi connectivity index (χ2v) is 17.4. The molecule has 0 atom stereocenters. The van der Waals surface area contributed by atoms with E-state index in [0.29, 0.717) is 39.0 Å². The van der Waals surface area contributed by atoms with Crippen LogP contribution in [-0.2, 0) is 11.0 Å². The number of nitrogen functional groups attached to an aromatic ring is 1. The Morgan fingerprint density at radius 3 is 2.44 bits per heavy atom. The van der Waals surface area contributed by atoms with Crippen molar-refractivity contribution in [3.05, 3.63) is 52.5 Å². The van der Waals surface area contributed by atoms with Crippen molar-refractivity contribution in [2.24, 2.45) is 0 Å². The molecule has 2 aromatic heterocycles. The molecular formula is C34H45ClN9O2PS. The first-order valence-electron chi connectivity index (χ1n) is 16.4. The quantitative estimate of drug-likeness (QED) is 0.159. The Balaban J connectivity index is 1.21. The molecule has 0 saturated carbocycles. The predicted octanol–water partition coefficient (Wildman–Crippen LogP) is 6.36. The van der Waals surface area contributed by atoms with Crippen molar-refractivity contribution in [1.82, 2.24) is 24.8 Å². The molecule has 0 bridgehead atoms. The average Bonchev–Trinajstić information content (AvgIpc) is 3.52. The van der Waals surface area contributed by atoms with E-state index >= 15 is 0 Å². The highest BCUT2D eigenvalue weighted by Crippen LogP contribution is 2.41. The van der Waals surface area contributed by atoms with E-state index < -0.39 is 7.14 Å². The van der Waals surface area contributed by atoms with Crippen LogP contribution in [0.4, 0.5) is 34.0 Å². The molecule has 11 nitrogen and oxygen atoms in total. The van der Waals surface area contributed by atoms with E-state index in [1.54, 1.807) is 26.6 Å². The van der Waals surface area contributed by atoms with Crippen molar-refractivity contribution in [3.63, 3.8) is 0 Å². The van der Waals surface area contributed by atoms with Gasteiger partial charge in [-0.1, -0.05) is 24.6 Å². The lowest BCUT2D eigenvalue weighted by molar-refractivity contribution is 0.0982. The van der Waals surface area contributed by atoms with E-state index in [0.717, 1.165) is 68.4 Å². The van der Waals surface area contributed by atoms with Crippen LogP contribution in [-0.4, -0.2) is 97.5 Å². The van der Waals surface area contributed by atoms with Crippen molar-refractivity contribution in [2.75, 3.05) is 88.0 Å². The summed E-state index contributed by atoms with van der Waals surface area (Å²) < 4.78 is 19.3. The van der Waals surface area contributed by atoms with Gasteiger partial charge in [0.2, 0.25) is 5.95 Å². The maximum Gasteiger partial charge on any atom is 0.229 e. The molecule has 4 heterocycles. The fraction of sp³-hybridized carbons (Fsp3) is 0.441. The van der Waals surface area contributed by atoms with Crippen molar-refractivity contribution in [3.8, 4) is 17.0 Å². The monoisotopic (exact) mass is 709 g/mol. The molecule has 6 rings (SSSR count). The minimum atomic E-state index is -2.71. The van der Waals surface area contributed by atoms with E-state index in [1.807, 2.05) is 23.6 Å². The maximum atomic E-state index is 13.4. The topological polar surface area (TPSA) is 125 Å². The average molecular weight is 710 g/mol. The van der Waals surface area contributed by atoms with Crippen LogP contribution in [0.5, 0.6) is 5.75 Å². The number of aryl methyl sites for hydroxylation is 1. The highest BCUT2D eigenvalue weighted by atomic mass is 35.5. The molecule has 0 amide bonds. The summed E-state index contributed by atoms with van der Waals surface area (Å²) >= 11 is 7.95. The van der Waals surface area contributed by atoms with Crippen molar-refractivity contribution >= 4 is 69.3 Å². The van der Waals surface area contributed by atoms with Gasteiger partial charge < -0.3 is 35.5 Å². The number of aromatic nitrogens is 3. The molecule has 0 aliphatic carbocycles. The molecule has 0 unspecified atom stereocenters. The third kappa shape index (κ3) is 7.74. The first kappa shape index (κ1) is 34.5.